The molecule has 0 aliphatic rings. The average Bonchev–Trinajstić information content (AvgIpc) is 2.94. The zero-order valence-electron chi connectivity index (χ0n) is 12.5. The lowest BCUT2D eigenvalue weighted by atomic mass is 10.0. The van der Waals surface area contributed by atoms with Crippen molar-refractivity contribution in [3.8, 4) is 0 Å². The summed E-state index contributed by atoms with van der Waals surface area (Å²) in [7, 11) is 0. The molecule has 21 heavy (non-hydrogen) atoms. The van der Waals surface area contributed by atoms with Gasteiger partial charge in [0, 0.05) is 30.8 Å². The van der Waals surface area contributed by atoms with Gasteiger partial charge in [-0.2, -0.15) is 0 Å². The molecule has 0 aliphatic carbocycles. The molecule has 1 nitrogen and oxygen atoms in total. The van der Waals surface area contributed by atoms with Crippen molar-refractivity contribution < 1.29 is 0 Å². The summed E-state index contributed by atoms with van der Waals surface area (Å²) in [5, 5.41) is 4.49. The van der Waals surface area contributed by atoms with Gasteiger partial charge in [0.1, 0.15) is 0 Å². The number of rotatable bonds is 7. The van der Waals surface area contributed by atoms with Crippen LogP contribution in [0.5, 0.6) is 0 Å². The summed E-state index contributed by atoms with van der Waals surface area (Å²) in [6, 6.07) is 11.0. The monoisotopic (exact) mass is 433 g/mol. The maximum atomic E-state index is 6.20. The molecule has 0 radical (unpaired) electrons. The lowest BCUT2D eigenvalue weighted by molar-refractivity contribution is 0.530. The number of benzene rings is 1. The highest BCUT2D eigenvalue weighted by Gasteiger charge is 2.16. The summed E-state index contributed by atoms with van der Waals surface area (Å²) < 4.78 is 1.28. The van der Waals surface area contributed by atoms with Gasteiger partial charge in [0.05, 0.1) is 0 Å². The molecule has 1 N–H and O–H groups in total. The van der Waals surface area contributed by atoms with Crippen LogP contribution in [0.15, 0.2) is 30.3 Å². The fourth-order valence-corrected chi connectivity index (χ4v) is 4.21. The molecule has 1 unspecified atom stereocenters. The number of halogens is 2. The van der Waals surface area contributed by atoms with E-state index in [1.165, 1.54) is 18.9 Å². The third-order valence-electron chi connectivity index (χ3n) is 3.45. The predicted octanol–water partition coefficient (Wildman–Crippen LogP) is 5.85. The Bertz CT molecular complexity index is 582. The molecule has 0 spiro atoms. The van der Waals surface area contributed by atoms with E-state index >= 15 is 0 Å². The van der Waals surface area contributed by atoms with E-state index in [-0.39, 0.29) is 0 Å². The van der Waals surface area contributed by atoms with E-state index < -0.39 is 0 Å². The lowest BCUT2D eigenvalue weighted by Crippen LogP contribution is -2.24. The summed E-state index contributed by atoms with van der Waals surface area (Å²) in [4.78, 5) is 2.90. The second kappa shape index (κ2) is 8.51. The van der Waals surface area contributed by atoms with Crippen LogP contribution >= 0.6 is 45.5 Å². The van der Waals surface area contributed by atoms with E-state index in [9.17, 15) is 0 Å². The van der Waals surface area contributed by atoms with Gasteiger partial charge >= 0.3 is 0 Å². The Balaban J connectivity index is 2.22. The molecule has 1 aromatic carbocycles. The van der Waals surface area contributed by atoms with E-state index in [0.29, 0.717) is 6.04 Å². The molecule has 1 atom stereocenters. The smallest absolute Gasteiger partial charge is 0.0410 e. The van der Waals surface area contributed by atoms with Gasteiger partial charge in [0.2, 0.25) is 0 Å². The van der Waals surface area contributed by atoms with Crippen molar-refractivity contribution in [3.05, 3.63) is 54.2 Å². The Hall–Kier alpha value is -0.100. The van der Waals surface area contributed by atoms with Crippen LogP contribution in [0.2, 0.25) is 5.02 Å². The van der Waals surface area contributed by atoms with Crippen LogP contribution in [0.4, 0.5) is 0 Å². The van der Waals surface area contributed by atoms with E-state index in [4.69, 9.17) is 11.6 Å². The Morgan fingerprint density at radius 3 is 2.62 bits per heavy atom. The van der Waals surface area contributed by atoms with Gasteiger partial charge in [0.15, 0.2) is 0 Å². The van der Waals surface area contributed by atoms with Crippen LogP contribution in [-0.2, 0) is 12.8 Å². The van der Waals surface area contributed by atoms with Gasteiger partial charge in [-0.3, -0.25) is 0 Å². The highest BCUT2D eigenvalue weighted by molar-refractivity contribution is 14.1. The van der Waals surface area contributed by atoms with Crippen LogP contribution in [0.25, 0.3) is 0 Å². The van der Waals surface area contributed by atoms with Gasteiger partial charge in [-0.25, -0.2) is 0 Å². The maximum Gasteiger partial charge on any atom is 0.0410 e. The normalized spacial score (nSPS) is 12.6. The average molecular weight is 434 g/mol. The largest absolute Gasteiger partial charge is 0.310 e. The molecule has 0 aliphatic heterocycles. The van der Waals surface area contributed by atoms with Crippen LogP contribution in [0, 0.1) is 3.57 Å². The van der Waals surface area contributed by atoms with Gasteiger partial charge in [0.25, 0.3) is 0 Å². The summed E-state index contributed by atoms with van der Waals surface area (Å²) in [6.07, 6.45) is 3.28. The Kier molecular flexibility index (Phi) is 6.99. The van der Waals surface area contributed by atoms with Gasteiger partial charge in [-0.05, 0) is 77.9 Å². The molecule has 0 bridgehead atoms. The molecular weight excluding hydrogens is 413 g/mol. The SMILES string of the molecule is CCCNC(Cc1ccc(CC)s1)c1cc(Cl)ccc1I. The summed E-state index contributed by atoms with van der Waals surface area (Å²) >= 11 is 10.5. The Labute approximate surface area is 150 Å². The first-order chi connectivity index (χ1) is 10.1. The second-order valence-electron chi connectivity index (χ2n) is 5.10. The minimum Gasteiger partial charge on any atom is -0.310 e. The third kappa shape index (κ3) is 4.95. The Morgan fingerprint density at radius 1 is 1.19 bits per heavy atom. The molecule has 2 aromatic rings. The second-order valence-corrected chi connectivity index (χ2v) is 7.95. The van der Waals surface area contributed by atoms with Crippen LogP contribution in [-0.4, -0.2) is 6.54 Å². The third-order valence-corrected chi connectivity index (χ3v) is 5.91. The zero-order valence-corrected chi connectivity index (χ0v) is 16.2. The van der Waals surface area contributed by atoms with Crippen molar-refractivity contribution in [2.24, 2.45) is 0 Å². The quantitative estimate of drug-likeness (QED) is 0.540. The number of thiophene rings is 1. The molecule has 0 saturated carbocycles. The first kappa shape index (κ1) is 17.3. The molecule has 4 heteroatoms. The van der Waals surface area contributed by atoms with Gasteiger partial charge in [-0.15, -0.1) is 11.3 Å². The number of aryl methyl sites for hydroxylation is 1. The van der Waals surface area contributed by atoms with E-state index in [1.54, 1.807) is 0 Å². The fraction of sp³-hybridized carbons (Fsp3) is 0.412. The van der Waals surface area contributed by atoms with Crippen LogP contribution < -0.4 is 5.32 Å². The van der Waals surface area contributed by atoms with Crippen molar-refractivity contribution in [1.82, 2.24) is 5.32 Å². The lowest BCUT2D eigenvalue weighted by Gasteiger charge is -2.20. The molecule has 114 valence electrons. The molecule has 0 fully saturated rings. The molecule has 0 amide bonds. The Morgan fingerprint density at radius 2 is 1.95 bits per heavy atom. The minimum absolute atomic E-state index is 0.332. The first-order valence-electron chi connectivity index (χ1n) is 7.40. The van der Waals surface area contributed by atoms with Crippen molar-refractivity contribution in [2.75, 3.05) is 6.54 Å². The van der Waals surface area contributed by atoms with Crippen LogP contribution in [0.3, 0.4) is 0 Å². The maximum absolute atomic E-state index is 6.20. The predicted molar refractivity (Wildman–Crippen MR) is 103 cm³/mol. The van der Waals surface area contributed by atoms with Crippen molar-refractivity contribution >= 4 is 45.5 Å². The molecule has 2 rings (SSSR count). The minimum atomic E-state index is 0.332. The van der Waals surface area contributed by atoms with Crippen LogP contribution in [0.1, 0.15) is 41.6 Å². The number of nitrogens with one attached hydrogen (secondary N) is 1. The molecular formula is C17H21ClINS. The number of hydrogen-bond acceptors (Lipinski definition) is 2. The number of hydrogen-bond donors (Lipinski definition) is 1. The zero-order chi connectivity index (χ0) is 15.2. The highest BCUT2D eigenvalue weighted by atomic mass is 127. The molecule has 1 heterocycles. The van der Waals surface area contributed by atoms with E-state index in [2.05, 4.69) is 66.0 Å². The van der Waals surface area contributed by atoms with Gasteiger partial charge in [-0.1, -0.05) is 25.4 Å². The first-order valence-corrected chi connectivity index (χ1v) is 9.67. The standard InChI is InChI=1S/C17H21ClINS/c1-3-9-20-17(11-14-7-6-13(4-2)21-14)15-10-12(18)5-8-16(15)19/h5-8,10,17,20H,3-4,9,11H2,1-2H3. The van der Waals surface area contributed by atoms with E-state index in [0.717, 1.165) is 30.8 Å². The molecule has 0 saturated heterocycles. The van der Waals surface area contributed by atoms with E-state index in [1.807, 2.05) is 17.4 Å². The molecule has 1 aromatic heterocycles. The summed E-state index contributed by atoms with van der Waals surface area (Å²) in [5.41, 5.74) is 1.31. The van der Waals surface area contributed by atoms with Gasteiger partial charge < -0.3 is 5.32 Å². The topological polar surface area (TPSA) is 12.0 Å². The van der Waals surface area contributed by atoms with Crippen molar-refractivity contribution in [1.29, 1.82) is 0 Å². The summed E-state index contributed by atoms with van der Waals surface area (Å²) in [5.74, 6) is 0. The van der Waals surface area contributed by atoms with Crippen molar-refractivity contribution in [2.45, 2.75) is 39.2 Å². The summed E-state index contributed by atoms with van der Waals surface area (Å²) in [6.45, 7) is 5.44. The highest BCUT2D eigenvalue weighted by Crippen LogP contribution is 2.29. The fourth-order valence-electron chi connectivity index (χ4n) is 2.32. The van der Waals surface area contributed by atoms with Crippen molar-refractivity contribution in [3.63, 3.8) is 0 Å².